The van der Waals surface area contributed by atoms with Crippen molar-refractivity contribution in [3.05, 3.63) is 42.5 Å². The SMILES string of the molecule is CC1(C)CC(CC(=O)N2CCC[C@@H](c3ccc(Nc4ncccn4)cn3)C2)CC(C)(C)N1. The average molecular weight is 437 g/mol. The van der Waals surface area contributed by atoms with Crippen LogP contribution < -0.4 is 10.6 Å². The largest absolute Gasteiger partial charge is 0.342 e. The summed E-state index contributed by atoms with van der Waals surface area (Å²) in [5.74, 6) is 1.57. The van der Waals surface area contributed by atoms with Gasteiger partial charge in [-0.25, -0.2) is 9.97 Å². The van der Waals surface area contributed by atoms with Gasteiger partial charge < -0.3 is 15.5 Å². The second-order valence-corrected chi connectivity index (χ2v) is 10.7. The molecule has 2 aliphatic heterocycles. The minimum atomic E-state index is 0.0711. The first-order chi connectivity index (χ1) is 15.2. The summed E-state index contributed by atoms with van der Waals surface area (Å²) in [6, 6.07) is 5.86. The van der Waals surface area contributed by atoms with Gasteiger partial charge in [0.05, 0.1) is 11.9 Å². The first-order valence-electron chi connectivity index (χ1n) is 11.8. The molecular formula is C25H36N6O. The van der Waals surface area contributed by atoms with Crippen LogP contribution in [0.15, 0.2) is 36.8 Å². The molecule has 0 bridgehead atoms. The third-order valence-corrected chi connectivity index (χ3v) is 6.54. The van der Waals surface area contributed by atoms with E-state index in [1.54, 1.807) is 18.5 Å². The molecule has 2 aromatic rings. The van der Waals surface area contributed by atoms with E-state index in [0.29, 0.717) is 24.2 Å². The molecule has 2 fully saturated rings. The number of likely N-dealkylation sites (tertiary alicyclic amines) is 1. The van der Waals surface area contributed by atoms with E-state index in [4.69, 9.17) is 0 Å². The van der Waals surface area contributed by atoms with Gasteiger partial charge in [0.2, 0.25) is 11.9 Å². The fourth-order valence-electron chi connectivity index (χ4n) is 5.71. The van der Waals surface area contributed by atoms with Gasteiger partial charge in [-0.3, -0.25) is 9.78 Å². The van der Waals surface area contributed by atoms with Gasteiger partial charge in [-0.2, -0.15) is 0 Å². The minimum Gasteiger partial charge on any atom is -0.342 e. The van der Waals surface area contributed by atoms with E-state index in [0.717, 1.165) is 50.2 Å². The van der Waals surface area contributed by atoms with Crippen LogP contribution in [0.5, 0.6) is 0 Å². The normalized spacial score (nSPS) is 23.0. The van der Waals surface area contributed by atoms with Crippen LogP contribution >= 0.6 is 0 Å². The molecule has 0 saturated carbocycles. The quantitative estimate of drug-likeness (QED) is 0.728. The Morgan fingerprint density at radius 1 is 1.12 bits per heavy atom. The van der Waals surface area contributed by atoms with Crippen LogP contribution in [0.3, 0.4) is 0 Å². The van der Waals surface area contributed by atoms with Gasteiger partial charge in [0.1, 0.15) is 0 Å². The number of hydrogen-bond donors (Lipinski definition) is 2. The monoisotopic (exact) mass is 436 g/mol. The first-order valence-corrected chi connectivity index (χ1v) is 11.8. The number of hydrogen-bond acceptors (Lipinski definition) is 6. The Balaban J connectivity index is 1.35. The zero-order valence-electron chi connectivity index (χ0n) is 19.8. The zero-order valence-corrected chi connectivity index (χ0v) is 19.8. The van der Waals surface area contributed by atoms with Crippen LogP contribution in [0.2, 0.25) is 0 Å². The van der Waals surface area contributed by atoms with Crippen molar-refractivity contribution >= 4 is 17.5 Å². The minimum absolute atomic E-state index is 0.0711. The van der Waals surface area contributed by atoms with E-state index in [1.807, 2.05) is 12.3 Å². The molecule has 0 spiro atoms. The number of aromatic nitrogens is 3. The van der Waals surface area contributed by atoms with Crippen molar-refractivity contribution < 1.29 is 4.79 Å². The average Bonchev–Trinajstić information content (AvgIpc) is 2.73. The van der Waals surface area contributed by atoms with E-state index >= 15 is 0 Å². The molecule has 0 aromatic carbocycles. The summed E-state index contributed by atoms with van der Waals surface area (Å²) in [6.07, 6.45) is 10.1. The van der Waals surface area contributed by atoms with Crippen LogP contribution in [0.25, 0.3) is 0 Å². The summed E-state index contributed by atoms with van der Waals surface area (Å²) in [5.41, 5.74) is 2.05. The number of rotatable bonds is 5. The van der Waals surface area contributed by atoms with Gasteiger partial charge in [-0.15, -0.1) is 0 Å². The smallest absolute Gasteiger partial charge is 0.227 e. The van der Waals surface area contributed by atoms with E-state index in [1.165, 1.54) is 0 Å². The number of nitrogens with one attached hydrogen (secondary N) is 2. The number of piperidine rings is 2. The molecule has 7 heteroatoms. The molecule has 2 saturated heterocycles. The lowest BCUT2D eigenvalue weighted by Crippen LogP contribution is -2.58. The topological polar surface area (TPSA) is 83.0 Å². The molecule has 7 nitrogen and oxygen atoms in total. The maximum absolute atomic E-state index is 13.2. The lowest BCUT2D eigenvalue weighted by atomic mass is 9.74. The summed E-state index contributed by atoms with van der Waals surface area (Å²) in [4.78, 5) is 28.3. The van der Waals surface area contributed by atoms with Crippen LogP contribution in [-0.4, -0.2) is 49.9 Å². The van der Waals surface area contributed by atoms with E-state index < -0.39 is 0 Å². The van der Waals surface area contributed by atoms with E-state index in [2.05, 4.69) is 64.2 Å². The van der Waals surface area contributed by atoms with Crippen molar-refractivity contribution in [1.29, 1.82) is 0 Å². The molecule has 1 amide bonds. The fraction of sp³-hybridized carbons (Fsp3) is 0.600. The highest BCUT2D eigenvalue weighted by atomic mass is 16.2. The molecule has 0 radical (unpaired) electrons. The second kappa shape index (κ2) is 9.14. The van der Waals surface area contributed by atoms with Crippen LogP contribution in [0.1, 0.15) is 71.4 Å². The van der Waals surface area contributed by atoms with Crippen molar-refractivity contribution in [2.75, 3.05) is 18.4 Å². The molecule has 4 rings (SSSR count). The van der Waals surface area contributed by atoms with Gasteiger partial charge >= 0.3 is 0 Å². The number of pyridine rings is 1. The number of nitrogens with zero attached hydrogens (tertiary/aromatic N) is 4. The van der Waals surface area contributed by atoms with Crippen molar-refractivity contribution in [2.24, 2.45) is 5.92 Å². The fourth-order valence-corrected chi connectivity index (χ4v) is 5.71. The highest BCUT2D eigenvalue weighted by Gasteiger charge is 2.39. The predicted molar refractivity (Wildman–Crippen MR) is 127 cm³/mol. The molecule has 4 heterocycles. The summed E-state index contributed by atoms with van der Waals surface area (Å²) in [5, 5.41) is 6.88. The Morgan fingerprint density at radius 3 is 2.50 bits per heavy atom. The van der Waals surface area contributed by atoms with Gasteiger partial charge in [0, 0.05) is 54.6 Å². The van der Waals surface area contributed by atoms with Crippen molar-refractivity contribution in [3.8, 4) is 0 Å². The first kappa shape index (κ1) is 22.6. The number of carbonyl (C=O) groups excluding carboxylic acids is 1. The highest BCUT2D eigenvalue weighted by Crippen LogP contribution is 2.35. The number of carbonyl (C=O) groups is 1. The van der Waals surface area contributed by atoms with Gasteiger partial charge in [-0.05, 0) is 77.5 Å². The van der Waals surface area contributed by atoms with Crippen molar-refractivity contribution in [2.45, 2.75) is 76.8 Å². The highest BCUT2D eigenvalue weighted by molar-refractivity contribution is 5.76. The molecule has 0 unspecified atom stereocenters. The number of amides is 1. The lowest BCUT2D eigenvalue weighted by Gasteiger charge is -2.47. The van der Waals surface area contributed by atoms with E-state index in [-0.39, 0.29) is 17.0 Å². The Morgan fingerprint density at radius 2 is 1.84 bits per heavy atom. The molecule has 1 atom stereocenters. The zero-order chi connectivity index (χ0) is 22.8. The summed E-state index contributed by atoms with van der Waals surface area (Å²) >= 11 is 0. The third-order valence-electron chi connectivity index (χ3n) is 6.54. The van der Waals surface area contributed by atoms with Gasteiger partial charge in [0.15, 0.2) is 0 Å². The van der Waals surface area contributed by atoms with E-state index in [9.17, 15) is 4.79 Å². The Bertz CT molecular complexity index is 896. The Hall–Kier alpha value is -2.54. The summed E-state index contributed by atoms with van der Waals surface area (Å²) in [6.45, 7) is 10.6. The Labute approximate surface area is 191 Å². The molecule has 32 heavy (non-hydrogen) atoms. The Kier molecular flexibility index (Phi) is 6.47. The molecule has 2 N–H and O–H groups in total. The van der Waals surface area contributed by atoms with Gasteiger partial charge in [0.25, 0.3) is 0 Å². The van der Waals surface area contributed by atoms with Crippen molar-refractivity contribution in [3.63, 3.8) is 0 Å². The maximum Gasteiger partial charge on any atom is 0.227 e. The number of anilines is 2. The summed E-state index contributed by atoms with van der Waals surface area (Å²) in [7, 11) is 0. The molecule has 172 valence electrons. The van der Waals surface area contributed by atoms with Crippen LogP contribution in [-0.2, 0) is 4.79 Å². The van der Waals surface area contributed by atoms with Crippen molar-refractivity contribution in [1.82, 2.24) is 25.2 Å². The molecule has 2 aliphatic rings. The molecule has 0 aliphatic carbocycles. The van der Waals surface area contributed by atoms with Crippen LogP contribution in [0, 0.1) is 5.92 Å². The van der Waals surface area contributed by atoms with Crippen LogP contribution in [0.4, 0.5) is 11.6 Å². The third kappa shape index (κ3) is 5.82. The predicted octanol–water partition coefficient (Wildman–Crippen LogP) is 4.27. The van der Waals surface area contributed by atoms with Gasteiger partial charge in [-0.1, -0.05) is 0 Å². The second-order valence-electron chi connectivity index (χ2n) is 10.7. The lowest BCUT2D eigenvalue weighted by molar-refractivity contribution is -0.134. The maximum atomic E-state index is 13.2. The summed E-state index contributed by atoms with van der Waals surface area (Å²) < 4.78 is 0. The standard InChI is InChI=1S/C25H36N6O/c1-24(2)14-18(15-25(3,4)30-24)13-22(32)31-12-5-7-19(17-31)21-9-8-20(16-28-21)29-23-26-10-6-11-27-23/h6,8-11,16,18-19,30H,5,7,12-15,17H2,1-4H3,(H,26,27,29)/t19-/m1/s1. The molecule has 2 aromatic heterocycles. The molecular weight excluding hydrogens is 400 g/mol.